The molecule has 16 heavy (non-hydrogen) atoms. The van der Waals surface area contributed by atoms with Gasteiger partial charge in [-0.3, -0.25) is 0 Å². The van der Waals surface area contributed by atoms with Crippen molar-refractivity contribution < 1.29 is 4.74 Å². The first-order valence-corrected chi connectivity index (χ1v) is 7.60. The predicted octanol–water partition coefficient (Wildman–Crippen LogP) is 4.37. The molecular weight excluding hydrogens is 311 g/mol. The van der Waals surface area contributed by atoms with Gasteiger partial charge in [0.2, 0.25) is 0 Å². The van der Waals surface area contributed by atoms with Crippen molar-refractivity contribution in [1.82, 2.24) is 0 Å². The lowest BCUT2D eigenvalue weighted by atomic mass is 9.81. The van der Waals surface area contributed by atoms with E-state index in [0.717, 1.165) is 10.3 Å². The van der Waals surface area contributed by atoms with E-state index in [1.54, 1.807) is 0 Å². The maximum atomic E-state index is 6.18. The van der Waals surface area contributed by atoms with Crippen LogP contribution in [0.5, 0.6) is 0 Å². The first-order chi connectivity index (χ1) is 7.81. The minimum absolute atomic E-state index is 0.261. The molecule has 1 saturated carbocycles. The summed E-state index contributed by atoms with van der Waals surface area (Å²) in [5.74, 6) is 0.800. The average Bonchev–Trinajstić information content (AvgIpc) is 2.24. The van der Waals surface area contributed by atoms with Gasteiger partial charge in [0.25, 0.3) is 0 Å². The number of benzene rings is 1. The first kappa shape index (κ1) is 12.4. The Hall–Kier alpha value is -0.0900. The molecule has 2 atom stereocenters. The number of rotatable bonds is 5. The molecule has 0 bridgehead atoms. The summed E-state index contributed by atoms with van der Waals surface area (Å²) in [7, 11) is 0. The molecule has 0 heterocycles. The average molecular weight is 330 g/mol. The molecule has 1 aliphatic carbocycles. The van der Waals surface area contributed by atoms with E-state index in [4.69, 9.17) is 4.74 Å². The SMILES string of the molecule is CC(OC(CI)c1ccccc1)C1CCC1. The summed E-state index contributed by atoms with van der Waals surface area (Å²) >= 11 is 2.41. The third-order valence-electron chi connectivity index (χ3n) is 3.50. The maximum absolute atomic E-state index is 6.18. The molecule has 0 aliphatic heterocycles. The van der Waals surface area contributed by atoms with Crippen molar-refractivity contribution in [3.63, 3.8) is 0 Å². The topological polar surface area (TPSA) is 9.23 Å². The molecular formula is C14H19IO. The number of hydrogen-bond acceptors (Lipinski definition) is 1. The molecule has 1 aromatic rings. The molecule has 2 rings (SSSR count). The fourth-order valence-corrected chi connectivity index (χ4v) is 2.87. The highest BCUT2D eigenvalue weighted by Gasteiger charge is 2.26. The van der Waals surface area contributed by atoms with Gasteiger partial charge in [0.1, 0.15) is 0 Å². The van der Waals surface area contributed by atoms with E-state index in [1.807, 2.05) is 0 Å². The summed E-state index contributed by atoms with van der Waals surface area (Å²) in [5.41, 5.74) is 1.31. The summed E-state index contributed by atoms with van der Waals surface area (Å²) in [6, 6.07) is 10.6. The Morgan fingerprint density at radius 2 is 2.00 bits per heavy atom. The first-order valence-electron chi connectivity index (χ1n) is 6.07. The van der Waals surface area contributed by atoms with Crippen LogP contribution in [0.3, 0.4) is 0 Å². The molecule has 0 saturated heterocycles. The predicted molar refractivity (Wildman–Crippen MR) is 76.0 cm³/mol. The highest BCUT2D eigenvalue weighted by molar-refractivity contribution is 14.1. The summed E-state index contributed by atoms with van der Waals surface area (Å²) in [6.45, 7) is 2.23. The third-order valence-corrected chi connectivity index (χ3v) is 4.30. The van der Waals surface area contributed by atoms with E-state index >= 15 is 0 Å². The monoisotopic (exact) mass is 330 g/mol. The lowest BCUT2D eigenvalue weighted by Gasteiger charge is -2.33. The zero-order valence-electron chi connectivity index (χ0n) is 9.73. The highest BCUT2D eigenvalue weighted by atomic mass is 127. The van der Waals surface area contributed by atoms with Crippen LogP contribution in [-0.2, 0) is 4.74 Å². The normalized spacial score (nSPS) is 20.1. The Balaban J connectivity index is 1.94. The van der Waals surface area contributed by atoms with E-state index in [0.29, 0.717) is 6.10 Å². The quantitative estimate of drug-likeness (QED) is 0.575. The summed E-state index contributed by atoms with van der Waals surface area (Å²) in [5, 5.41) is 0. The molecule has 0 N–H and O–H groups in total. The van der Waals surface area contributed by atoms with Crippen molar-refractivity contribution in [2.24, 2.45) is 5.92 Å². The van der Waals surface area contributed by atoms with Gasteiger partial charge >= 0.3 is 0 Å². The van der Waals surface area contributed by atoms with Crippen LogP contribution in [0.25, 0.3) is 0 Å². The highest BCUT2D eigenvalue weighted by Crippen LogP contribution is 2.34. The van der Waals surface area contributed by atoms with Crippen molar-refractivity contribution in [2.75, 3.05) is 4.43 Å². The van der Waals surface area contributed by atoms with E-state index in [9.17, 15) is 0 Å². The third kappa shape index (κ3) is 2.98. The molecule has 0 spiro atoms. The van der Waals surface area contributed by atoms with E-state index in [2.05, 4.69) is 59.8 Å². The zero-order valence-corrected chi connectivity index (χ0v) is 11.9. The Labute approximate surface area is 112 Å². The van der Waals surface area contributed by atoms with Crippen LogP contribution < -0.4 is 0 Å². The van der Waals surface area contributed by atoms with Gasteiger partial charge in [0.15, 0.2) is 0 Å². The van der Waals surface area contributed by atoms with Crippen LogP contribution >= 0.6 is 22.6 Å². The van der Waals surface area contributed by atoms with E-state index in [-0.39, 0.29) is 6.10 Å². The van der Waals surface area contributed by atoms with Gasteiger partial charge in [-0.25, -0.2) is 0 Å². The summed E-state index contributed by atoms with van der Waals surface area (Å²) in [4.78, 5) is 0. The van der Waals surface area contributed by atoms with Crippen LogP contribution in [0.15, 0.2) is 30.3 Å². The van der Waals surface area contributed by atoms with Crippen molar-refractivity contribution in [3.8, 4) is 0 Å². The van der Waals surface area contributed by atoms with Gasteiger partial charge in [0.05, 0.1) is 12.2 Å². The fraction of sp³-hybridized carbons (Fsp3) is 0.571. The molecule has 1 nitrogen and oxygen atoms in total. The molecule has 88 valence electrons. The van der Waals surface area contributed by atoms with Crippen molar-refractivity contribution in [2.45, 2.75) is 38.4 Å². The standard InChI is InChI=1S/C14H19IO/c1-11(12-8-5-9-12)16-14(10-15)13-6-3-2-4-7-13/h2-4,6-7,11-12,14H,5,8-10H2,1H3. The molecule has 0 amide bonds. The number of hydrogen-bond donors (Lipinski definition) is 0. The zero-order chi connectivity index (χ0) is 11.4. The Morgan fingerprint density at radius 1 is 1.31 bits per heavy atom. The van der Waals surface area contributed by atoms with Crippen molar-refractivity contribution >= 4 is 22.6 Å². The van der Waals surface area contributed by atoms with Crippen molar-refractivity contribution in [3.05, 3.63) is 35.9 Å². The summed E-state index contributed by atoms with van der Waals surface area (Å²) < 4.78 is 7.21. The molecule has 1 fully saturated rings. The second kappa shape index (κ2) is 6.01. The van der Waals surface area contributed by atoms with Crippen LogP contribution in [0.2, 0.25) is 0 Å². The molecule has 1 aliphatic rings. The minimum Gasteiger partial charge on any atom is -0.369 e. The van der Waals surface area contributed by atoms with Gasteiger partial charge in [-0.05, 0) is 31.2 Å². The van der Waals surface area contributed by atoms with Crippen LogP contribution in [0.4, 0.5) is 0 Å². The smallest absolute Gasteiger partial charge is 0.0918 e. The van der Waals surface area contributed by atoms with E-state index < -0.39 is 0 Å². The molecule has 2 heteroatoms. The van der Waals surface area contributed by atoms with Gasteiger partial charge in [-0.15, -0.1) is 0 Å². The minimum atomic E-state index is 0.261. The molecule has 2 unspecified atom stereocenters. The Kier molecular flexibility index (Phi) is 4.65. The number of alkyl halides is 1. The van der Waals surface area contributed by atoms with Crippen molar-refractivity contribution in [1.29, 1.82) is 0 Å². The fourth-order valence-electron chi connectivity index (χ4n) is 2.15. The number of ether oxygens (including phenoxy) is 1. The van der Waals surface area contributed by atoms with Gasteiger partial charge < -0.3 is 4.74 Å². The lowest BCUT2D eigenvalue weighted by molar-refractivity contribution is -0.0417. The Morgan fingerprint density at radius 3 is 2.50 bits per heavy atom. The number of halogens is 1. The van der Waals surface area contributed by atoms with Gasteiger partial charge in [-0.1, -0.05) is 59.3 Å². The largest absolute Gasteiger partial charge is 0.369 e. The van der Waals surface area contributed by atoms with Gasteiger partial charge in [-0.2, -0.15) is 0 Å². The summed E-state index contributed by atoms with van der Waals surface area (Å²) in [6.07, 6.45) is 4.76. The molecule has 0 aromatic heterocycles. The molecule has 1 aromatic carbocycles. The lowest BCUT2D eigenvalue weighted by Crippen LogP contribution is -2.28. The Bertz CT molecular complexity index is 308. The second-order valence-electron chi connectivity index (χ2n) is 4.59. The van der Waals surface area contributed by atoms with Crippen LogP contribution in [0.1, 0.15) is 37.9 Å². The molecule has 0 radical (unpaired) electrons. The van der Waals surface area contributed by atoms with Crippen LogP contribution in [0, 0.1) is 5.92 Å². The second-order valence-corrected chi connectivity index (χ2v) is 5.47. The van der Waals surface area contributed by atoms with Gasteiger partial charge in [0, 0.05) is 4.43 Å². The maximum Gasteiger partial charge on any atom is 0.0918 e. The van der Waals surface area contributed by atoms with Crippen LogP contribution in [-0.4, -0.2) is 10.5 Å². The van der Waals surface area contributed by atoms with E-state index in [1.165, 1.54) is 24.8 Å².